The minimum absolute atomic E-state index is 0.0436. The molecule has 1 aromatic rings. The van der Waals surface area contributed by atoms with Crippen molar-refractivity contribution in [2.75, 3.05) is 20.2 Å². The van der Waals surface area contributed by atoms with Crippen LogP contribution in [0.25, 0.3) is 0 Å². The summed E-state index contributed by atoms with van der Waals surface area (Å²) in [6.07, 6.45) is 3.74. The van der Waals surface area contributed by atoms with Crippen LogP contribution in [0.5, 0.6) is 0 Å². The minimum atomic E-state index is -0.520. The lowest BCUT2D eigenvalue weighted by Gasteiger charge is -2.54. The molecule has 4 rings (SSSR count). The molecule has 1 aliphatic heterocycles. The van der Waals surface area contributed by atoms with Gasteiger partial charge in [-0.1, -0.05) is 13.8 Å². The second kappa shape index (κ2) is 4.58. The van der Waals surface area contributed by atoms with E-state index in [9.17, 15) is 9.59 Å². The Labute approximate surface area is 135 Å². The van der Waals surface area contributed by atoms with Gasteiger partial charge in [0.15, 0.2) is 5.69 Å². The molecule has 1 aromatic heterocycles. The molecule has 0 aromatic carbocycles. The second-order valence-corrected chi connectivity index (χ2v) is 7.93. The average Bonchev–Trinajstić information content (AvgIpc) is 3.17. The molecule has 2 fully saturated rings. The van der Waals surface area contributed by atoms with Crippen molar-refractivity contribution in [3.05, 3.63) is 17.0 Å². The highest BCUT2D eigenvalue weighted by Crippen LogP contribution is 2.63. The van der Waals surface area contributed by atoms with Crippen LogP contribution >= 0.6 is 0 Å². The van der Waals surface area contributed by atoms with E-state index < -0.39 is 5.41 Å². The number of hydrogen-bond donors (Lipinski definition) is 1. The van der Waals surface area contributed by atoms with Gasteiger partial charge in [0.05, 0.1) is 12.5 Å². The topological polar surface area (TPSA) is 75.3 Å². The molecule has 6 nitrogen and oxygen atoms in total. The fourth-order valence-corrected chi connectivity index (χ4v) is 5.17. The van der Waals surface area contributed by atoms with Gasteiger partial charge < -0.3 is 9.64 Å². The molecule has 2 heterocycles. The van der Waals surface area contributed by atoms with Gasteiger partial charge in [0.2, 0.25) is 0 Å². The van der Waals surface area contributed by atoms with Crippen LogP contribution in [-0.2, 0) is 22.4 Å². The molecule has 1 N–H and O–H groups in total. The van der Waals surface area contributed by atoms with Crippen molar-refractivity contribution in [1.82, 2.24) is 15.1 Å². The molecule has 0 unspecified atom stereocenters. The normalized spacial score (nSPS) is 30.6. The number of amides is 1. The molecule has 2 aliphatic carbocycles. The van der Waals surface area contributed by atoms with E-state index in [-0.39, 0.29) is 23.2 Å². The molecule has 23 heavy (non-hydrogen) atoms. The molecule has 6 heteroatoms. The molecule has 0 radical (unpaired) electrons. The minimum Gasteiger partial charge on any atom is -0.469 e. The molecule has 1 amide bonds. The lowest BCUT2D eigenvalue weighted by Crippen LogP contribution is -2.57. The first-order chi connectivity index (χ1) is 10.9. The number of hydrogen-bond acceptors (Lipinski definition) is 4. The molecule has 124 valence electrons. The van der Waals surface area contributed by atoms with Gasteiger partial charge in [-0.2, -0.15) is 5.10 Å². The van der Waals surface area contributed by atoms with Crippen molar-refractivity contribution >= 4 is 11.9 Å². The fourth-order valence-electron chi connectivity index (χ4n) is 5.17. The maximum Gasteiger partial charge on any atom is 0.314 e. The Morgan fingerprint density at radius 3 is 2.83 bits per heavy atom. The Bertz CT molecular complexity index is 693. The van der Waals surface area contributed by atoms with E-state index >= 15 is 0 Å². The van der Waals surface area contributed by atoms with E-state index in [1.54, 1.807) is 0 Å². The second-order valence-electron chi connectivity index (χ2n) is 7.93. The standard InChI is InChI=1S/C17H23N3O3/c1-16(2)8-17(15(22)23-3)9-20(7-12(16)17)14(21)13-10-5-4-6-11(10)18-19-13/h12H,4-9H2,1-3H3,(H,18,19)/t12-,17+/m1/s1. The summed E-state index contributed by atoms with van der Waals surface area (Å²) in [5.74, 6) is -0.0550. The number of esters is 1. The molecular weight excluding hydrogens is 294 g/mol. The predicted molar refractivity (Wildman–Crippen MR) is 82.9 cm³/mol. The van der Waals surface area contributed by atoms with E-state index in [2.05, 4.69) is 24.0 Å². The van der Waals surface area contributed by atoms with Gasteiger partial charge in [0.1, 0.15) is 0 Å². The number of fused-ring (bicyclic) bond motifs is 2. The van der Waals surface area contributed by atoms with E-state index in [1.165, 1.54) is 7.11 Å². The van der Waals surface area contributed by atoms with Crippen LogP contribution in [0.4, 0.5) is 0 Å². The van der Waals surface area contributed by atoms with Gasteiger partial charge in [-0.15, -0.1) is 0 Å². The number of carbonyl (C=O) groups is 2. The third-order valence-electron chi connectivity index (χ3n) is 6.15. The van der Waals surface area contributed by atoms with E-state index in [1.807, 2.05) is 4.90 Å². The van der Waals surface area contributed by atoms with Crippen LogP contribution in [0.3, 0.4) is 0 Å². The third-order valence-corrected chi connectivity index (χ3v) is 6.15. The van der Waals surface area contributed by atoms with Gasteiger partial charge in [-0.3, -0.25) is 14.7 Å². The van der Waals surface area contributed by atoms with E-state index in [4.69, 9.17) is 4.74 Å². The van der Waals surface area contributed by atoms with Crippen LogP contribution < -0.4 is 0 Å². The number of nitrogens with zero attached hydrogens (tertiary/aromatic N) is 2. The largest absolute Gasteiger partial charge is 0.469 e. The van der Waals surface area contributed by atoms with Crippen LogP contribution in [0.1, 0.15) is 48.4 Å². The van der Waals surface area contributed by atoms with Crippen molar-refractivity contribution in [3.63, 3.8) is 0 Å². The molecule has 3 aliphatic rings. The molecule has 1 saturated carbocycles. The highest BCUT2D eigenvalue weighted by Gasteiger charge is 2.68. The maximum absolute atomic E-state index is 12.9. The number of likely N-dealkylation sites (tertiary alicyclic amines) is 1. The van der Waals surface area contributed by atoms with Crippen molar-refractivity contribution in [1.29, 1.82) is 0 Å². The van der Waals surface area contributed by atoms with Gasteiger partial charge >= 0.3 is 5.97 Å². The monoisotopic (exact) mass is 317 g/mol. The third kappa shape index (κ3) is 1.83. The first kappa shape index (κ1) is 14.7. The number of aromatic amines is 1. The first-order valence-corrected chi connectivity index (χ1v) is 8.33. The van der Waals surface area contributed by atoms with Crippen LogP contribution in [0, 0.1) is 16.7 Å². The number of aromatic nitrogens is 2. The number of carbonyl (C=O) groups excluding carboxylic acids is 2. The highest BCUT2D eigenvalue weighted by molar-refractivity contribution is 5.95. The molecule has 1 saturated heterocycles. The van der Waals surface area contributed by atoms with Crippen molar-refractivity contribution in [3.8, 4) is 0 Å². The number of H-pyrrole nitrogens is 1. The van der Waals surface area contributed by atoms with Crippen LogP contribution in [0.2, 0.25) is 0 Å². The Morgan fingerprint density at radius 2 is 2.13 bits per heavy atom. The number of ether oxygens (including phenoxy) is 1. The van der Waals surface area contributed by atoms with Gasteiger partial charge in [-0.25, -0.2) is 0 Å². The summed E-state index contributed by atoms with van der Waals surface area (Å²) in [5, 5.41) is 7.24. The number of aryl methyl sites for hydroxylation is 1. The first-order valence-electron chi connectivity index (χ1n) is 8.33. The van der Waals surface area contributed by atoms with E-state index in [0.717, 1.165) is 36.9 Å². The lowest BCUT2D eigenvalue weighted by molar-refractivity contribution is -0.174. The summed E-state index contributed by atoms with van der Waals surface area (Å²) in [6.45, 7) is 5.40. The Morgan fingerprint density at radius 1 is 1.35 bits per heavy atom. The highest BCUT2D eigenvalue weighted by atomic mass is 16.5. The predicted octanol–water partition coefficient (Wildman–Crippen LogP) is 1.56. The zero-order valence-electron chi connectivity index (χ0n) is 13.9. The summed E-state index contributed by atoms with van der Waals surface area (Å²) < 4.78 is 5.05. The van der Waals surface area contributed by atoms with Crippen molar-refractivity contribution in [2.24, 2.45) is 16.7 Å². The molecule has 0 bridgehead atoms. The van der Waals surface area contributed by atoms with E-state index in [0.29, 0.717) is 18.8 Å². The zero-order valence-corrected chi connectivity index (χ0v) is 13.9. The van der Waals surface area contributed by atoms with Gasteiger partial charge in [0, 0.05) is 24.3 Å². The smallest absolute Gasteiger partial charge is 0.314 e. The Kier molecular flexibility index (Phi) is 2.93. The summed E-state index contributed by atoms with van der Waals surface area (Å²) in [4.78, 5) is 27.1. The number of nitrogens with one attached hydrogen (secondary N) is 1. The van der Waals surface area contributed by atoms with Gasteiger partial charge in [0.25, 0.3) is 5.91 Å². The maximum atomic E-state index is 12.9. The summed E-state index contributed by atoms with van der Waals surface area (Å²) in [6, 6.07) is 0. The van der Waals surface area contributed by atoms with Gasteiger partial charge in [-0.05, 0) is 37.0 Å². The summed E-state index contributed by atoms with van der Waals surface area (Å²) >= 11 is 0. The van der Waals surface area contributed by atoms with Crippen LogP contribution in [-0.4, -0.2) is 47.2 Å². The summed E-state index contributed by atoms with van der Waals surface area (Å²) in [7, 11) is 1.44. The van der Waals surface area contributed by atoms with Crippen LogP contribution in [0.15, 0.2) is 0 Å². The lowest BCUT2D eigenvalue weighted by atomic mass is 9.48. The molecule has 2 atom stereocenters. The quantitative estimate of drug-likeness (QED) is 0.840. The zero-order chi connectivity index (χ0) is 16.4. The molecular formula is C17H23N3O3. The number of methoxy groups -OCH3 is 1. The Balaban J connectivity index is 1.62. The summed E-state index contributed by atoms with van der Waals surface area (Å²) in [5.41, 5.74) is 2.26. The van der Waals surface area contributed by atoms with Crippen molar-refractivity contribution < 1.29 is 14.3 Å². The molecule has 0 spiro atoms. The number of rotatable bonds is 2. The fraction of sp³-hybridized carbons (Fsp3) is 0.706. The SMILES string of the molecule is COC(=O)[C@@]12CN(C(=O)c3n[nH]c4c3CCC4)C[C@@H]1C(C)(C)C2. The van der Waals surface area contributed by atoms with Crippen molar-refractivity contribution in [2.45, 2.75) is 39.5 Å². The Hall–Kier alpha value is -1.85. The average molecular weight is 317 g/mol.